The first-order valence-corrected chi connectivity index (χ1v) is 23.7. The molecule has 2 aliphatic carbocycles. The van der Waals surface area contributed by atoms with Gasteiger partial charge in [-0.05, 0) is 120 Å². The second-order valence-electron chi connectivity index (χ2n) is 19.1. The number of anilines is 3. The van der Waals surface area contributed by atoms with Gasteiger partial charge in [0.15, 0.2) is 0 Å². The average molecular weight is 868 g/mol. The van der Waals surface area contributed by atoms with E-state index in [0.29, 0.717) is 0 Å². The number of benzene rings is 11. The van der Waals surface area contributed by atoms with E-state index in [9.17, 15) is 0 Å². The third kappa shape index (κ3) is 5.40. The van der Waals surface area contributed by atoms with Gasteiger partial charge in [0.05, 0.1) is 11.1 Å². The first-order chi connectivity index (χ1) is 33.5. The van der Waals surface area contributed by atoms with Crippen LogP contribution in [0.15, 0.2) is 237 Å². The molecule has 2 heteroatoms. The van der Waals surface area contributed by atoms with E-state index in [4.69, 9.17) is 4.74 Å². The van der Waals surface area contributed by atoms with Gasteiger partial charge in [-0.15, -0.1) is 0 Å². The first-order valence-electron chi connectivity index (χ1n) is 23.7. The lowest BCUT2D eigenvalue weighted by molar-refractivity contribution is 0.442. The molecule has 68 heavy (non-hydrogen) atoms. The predicted octanol–water partition coefficient (Wildman–Crippen LogP) is 17.6. The van der Waals surface area contributed by atoms with Gasteiger partial charge >= 0.3 is 0 Å². The monoisotopic (exact) mass is 867 g/mol. The fourth-order valence-electron chi connectivity index (χ4n) is 12.2. The van der Waals surface area contributed by atoms with Crippen LogP contribution in [0, 0.1) is 0 Å². The molecule has 0 radical (unpaired) electrons. The number of ether oxygens (including phenoxy) is 1. The van der Waals surface area contributed by atoms with Crippen molar-refractivity contribution < 1.29 is 4.74 Å². The van der Waals surface area contributed by atoms with Crippen molar-refractivity contribution in [2.24, 2.45) is 0 Å². The molecule has 1 aliphatic heterocycles. The molecule has 3 aliphatic rings. The number of hydrogen-bond acceptors (Lipinski definition) is 2. The van der Waals surface area contributed by atoms with E-state index in [2.05, 4.69) is 255 Å². The zero-order chi connectivity index (χ0) is 45.1. The van der Waals surface area contributed by atoms with E-state index >= 15 is 0 Å². The third-order valence-electron chi connectivity index (χ3n) is 15.3. The Morgan fingerprint density at radius 1 is 0.338 bits per heavy atom. The number of nitrogens with zero attached hydrogens (tertiary/aromatic N) is 1. The highest BCUT2D eigenvalue weighted by Crippen LogP contribution is 2.63. The largest absolute Gasteiger partial charge is 0.456 e. The standard InChI is InChI=1S/C66H45NO/c1-65(2)56-24-12-10-21-51(56)53-36-34-47(41-60(53)65)67(46-32-28-43(29-33-46)42-16-4-3-5-17-42)62-39-37-48(50-20-8-9-23-55(50)62)45-30-35-54-52-22-11-13-25-57(52)66(61(54)40-45)58-26-14-15-27-63(58)68-64-49-19-7-6-18-44(49)31-38-59(64)66/h3-41H,1-2H3. The molecule has 1 spiro atoms. The van der Waals surface area contributed by atoms with Crippen molar-refractivity contribution in [3.63, 3.8) is 0 Å². The van der Waals surface area contributed by atoms with Crippen LogP contribution in [0.3, 0.4) is 0 Å². The minimum absolute atomic E-state index is 0.139. The summed E-state index contributed by atoms with van der Waals surface area (Å²) in [6.45, 7) is 4.73. The second kappa shape index (κ2) is 14.5. The second-order valence-corrected chi connectivity index (χ2v) is 19.1. The normalized spacial score (nSPS) is 15.5. The van der Waals surface area contributed by atoms with Crippen molar-refractivity contribution in [3.05, 3.63) is 270 Å². The van der Waals surface area contributed by atoms with E-state index in [-0.39, 0.29) is 5.41 Å². The Bertz CT molecular complexity index is 3860. The molecular weight excluding hydrogens is 823 g/mol. The van der Waals surface area contributed by atoms with E-state index in [1.54, 1.807) is 0 Å². The lowest BCUT2D eigenvalue weighted by Gasteiger charge is -2.40. The quantitative estimate of drug-likeness (QED) is 0.171. The lowest BCUT2D eigenvalue weighted by atomic mass is 9.65. The van der Waals surface area contributed by atoms with Gasteiger partial charge in [0, 0.05) is 38.7 Å². The Morgan fingerprint density at radius 2 is 0.912 bits per heavy atom. The highest BCUT2D eigenvalue weighted by atomic mass is 16.5. The molecule has 1 atom stereocenters. The van der Waals surface area contributed by atoms with Gasteiger partial charge in [0.1, 0.15) is 11.5 Å². The van der Waals surface area contributed by atoms with Crippen molar-refractivity contribution in [1.82, 2.24) is 0 Å². The summed E-state index contributed by atoms with van der Waals surface area (Å²) in [4.78, 5) is 2.47. The van der Waals surface area contributed by atoms with Gasteiger partial charge < -0.3 is 9.64 Å². The summed E-state index contributed by atoms with van der Waals surface area (Å²) >= 11 is 0. The van der Waals surface area contributed by atoms with Gasteiger partial charge in [-0.3, -0.25) is 0 Å². The molecule has 1 unspecified atom stereocenters. The van der Waals surface area contributed by atoms with Gasteiger partial charge in [-0.25, -0.2) is 0 Å². The summed E-state index contributed by atoms with van der Waals surface area (Å²) in [7, 11) is 0. The molecule has 0 N–H and O–H groups in total. The molecule has 0 aromatic heterocycles. The maximum Gasteiger partial charge on any atom is 0.140 e. The Labute approximate surface area is 397 Å². The average Bonchev–Trinajstić information content (AvgIpc) is 3.81. The minimum atomic E-state index is -0.588. The van der Waals surface area contributed by atoms with Crippen LogP contribution in [0.5, 0.6) is 11.5 Å². The predicted molar refractivity (Wildman–Crippen MR) is 282 cm³/mol. The van der Waals surface area contributed by atoms with Crippen molar-refractivity contribution in [1.29, 1.82) is 0 Å². The topological polar surface area (TPSA) is 12.5 Å². The molecule has 0 amide bonds. The van der Waals surface area contributed by atoms with Crippen LogP contribution in [0.4, 0.5) is 17.1 Å². The van der Waals surface area contributed by atoms with Crippen LogP contribution < -0.4 is 9.64 Å². The molecule has 14 rings (SSSR count). The zero-order valence-electron chi connectivity index (χ0n) is 37.9. The number of fused-ring (bicyclic) bond motifs is 15. The molecule has 0 saturated carbocycles. The van der Waals surface area contributed by atoms with Gasteiger partial charge in [-0.2, -0.15) is 0 Å². The van der Waals surface area contributed by atoms with E-state index in [1.807, 2.05) is 0 Å². The smallest absolute Gasteiger partial charge is 0.140 e. The molecule has 0 bridgehead atoms. The molecule has 0 saturated heterocycles. The van der Waals surface area contributed by atoms with E-state index < -0.39 is 5.41 Å². The molecule has 320 valence electrons. The summed E-state index contributed by atoms with van der Waals surface area (Å²) in [6.07, 6.45) is 0. The Hall–Kier alpha value is -8.46. The van der Waals surface area contributed by atoms with Crippen molar-refractivity contribution in [2.75, 3.05) is 4.90 Å². The summed E-state index contributed by atoms with van der Waals surface area (Å²) in [5.74, 6) is 1.83. The van der Waals surface area contributed by atoms with Crippen LogP contribution in [0.1, 0.15) is 47.2 Å². The van der Waals surface area contributed by atoms with Crippen LogP contribution in [0.2, 0.25) is 0 Å². The number of para-hydroxylation sites is 1. The van der Waals surface area contributed by atoms with Crippen LogP contribution >= 0.6 is 0 Å². The Balaban J connectivity index is 0.972. The lowest BCUT2D eigenvalue weighted by Crippen LogP contribution is -2.32. The summed E-state index contributed by atoms with van der Waals surface area (Å²) in [6, 6.07) is 87.4. The zero-order valence-corrected chi connectivity index (χ0v) is 37.9. The van der Waals surface area contributed by atoms with E-state index in [1.165, 1.54) is 94.0 Å². The maximum absolute atomic E-state index is 6.97. The van der Waals surface area contributed by atoms with Crippen LogP contribution in [-0.2, 0) is 10.8 Å². The first kappa shape index (κ1) is 38.8. The third-order valence-corrected chi connectivity index (χ3v) is 15.3. The SMILES string of the molecule is CC1(C)c2ccccc2-c2ccc(N(c3ccc(-c4ccccc4)cc3)c3ccc(-c4ccc5c(c4)C4(c6ccccc6Oc6c4ccc4ccccc64)c4ccccc4-5)c4ccccc34)cc21. The fraction of sp³-hybridized carbons (Fsp3) is 0.0606. The highest BCUT2D eigenvalue weighted by Gasteiger charge is 2.51. The van der Waals surface area contributed by atoms with Gasteiger partial charge in [0.25, 0.3) is 0 Å². The summed E-state index contributed by atoms with van der Waals surface area (Å²) in [5, 5.41) is 4.68. The molecule has 11 aromatic carbocycles. The van der Waals surface area contributed by atoms with Crippen LogP contribution in [-0.4, -0.2) is 0 Å². The van der Waals surface area contributed by atoms with Crippen molar-refractivity contribution in [2.45, 2.75) is 24.7 Å². The fourth-order valence-corrected chi connectivity index (χ4v) is 12.2. The van der Waals surface area contributed by atoms with Gasteiger partial charge in [0.2, 0.25) is 0 Å². The van der Waals surface area contributed by atoms with E-state index in [0.717, 1.165) is 33.9 Å². The molecule has 1 heterocycles. The maximum atomic E-state index is 6.97. The van der Waals surface area contributed by atoms with Crippen molar-refractivity contribution >= 4 is 38.6 Å². The number of hydrogen-bond donors (Lipinski definition) is 0. The van der Waals surface area contributed by atoms with Gasteiger partial charge in [-0.1, -0.05) is 208 Å². The molecule has 2 nitrogen and oxygen atoms in total. The molecule has 0 fully saturated rings. The summed E-state index contributed by atoms with van der Waals surface area (Å²) in [5.41, 5.74) is 20.2. The Morgan fingerprint density at radius 3 is 1.74 bits per heavy atom. The summed E-state index contributed by atoms with van der Waals surface area (Å²) < 4.78 is 6.97. The minimum Gasteiger partial charge on any atom is -0.456 e. The van der Waals surface area contributed by atoms with Crippen molar-refractivity contribution in [3.8, 4) is 56.0 Å². The highest BCUT2D eigenvalue weighted by molar-refractivity contribution is 6.07. The molecule has 11 aromatic rings. The number of rotatable bonds is 5. The Kier molecular flexibility index (Phi) is 8.28. The van der Waals surface area contributed by atoms with Crippen LogP contribution in [0.25, 0.3) is 66.1 Å². The molecular formula is C66H45NO.